The van der Waals surface area contributed by atoms with Crippen LogP contribution in [0.1, 0.15) is 46.5 Å². The summed E-state index contributed by atoms with van der Waals surface area (Å²) in [6.07, 6.45) is 5.63. The first-order valence-electron chi connectivity index (χ1n) is 7.71. The number of hydrogen-bond donors (Lipinski definition) is 1. The van der Waals surface area contributed by atoms with E-state index in [2.05, 4.69) is 37.4 Å². The Morgan fingerprint density at radius 1 is 1.28 bits per heavy atom. The van der Waals surface area contributed by atoms with E-state index < -0.39 is 0 Å². The van der Waals surface area contributed by atoms with Crippen LogP contribution in [0.25, 0.3) is 0 Å². The summed E-state index contributed by atoms with van der Waals surface area (Å²) in [6.45, 7) is 9.27. The Labute approximate surface area is 117 Å². The van der Waals surface area contributed by atoms with Crippen LogP contribution in [-0.4, -0.2) is 41.1 Å². The van der Waals surface area contributed by atoms with Crippen molar-refractivity contribution in [3.05, 3.63) is 0 Å². The van der Waals surface area contributed by atoms with E-state index in [0.717, 1.165) is 23.6 Å². The first-order chi connectivity index (χ1) is 8.63. The van der Waals surface area contributed by atoms with Crippen molar-refractivity contribution in [1.29, 1.82) is 0 Å². The molecule has 0 aromatic rings. The van der Waals surface area contributed by atoms with Crippen LogP contribution in [0.15, 0.2) is 0 Å². The van der Waals surface area contributed by atoms with Crippen molar-refractivity contribution < 1.29 is 0 Å². The highest BCUT2D eigenvalue weighted by atomic mass is 32.2. The van der Waals surface area contributed by atoms with Gasteiger partial charge in [0.15, 0.2) is 0 Å². The zero-order chi connectivity index (χ0) is 13.1. The van der Waals surface area contributed by atoms with Gasteiger partial charge in [-0.2, -0.15) is 11.8 Å². The van der Waals surface area contributed by atoms with Crippen molar-refractivity contribution in [3.8, 4) is 0 Å². The summed E-state index contributed by atoms with van der Waals surface area (Å²) in [6, 6.07) is 1.32. The van der Waals surface area contributed by atoms with Crippen molar-refractivity contribution in [2.75, 3.05) is 18.8 Å². The summed E-state index contributed by atoms with van der Waals surface area (Å²) in [5.74, 6) is 3.03. The molecule has 0 aromatic carbocycles. The van der Waals surface area contributed by atoms with Crippen LogP contribution in [-0.2, 0) is 0 Å². The van der Waals surface area contributed by atoms with Crippen molar-refractivity contribution in [3.63, 3.8) is 0 Å². The Bertz CT molecular complexity index is 259. The maximum atomic E-state index is 6.14. The molecule has 0 amide bonds. The summed E-state index contributed by atoms with van der Waals surface area (Å²) < 4.78 is 0. The lowest BCUT2D eigenvalue weighted by molar-refractivity contribution is 0.0782. The molecule has 2 nitrogen and oxygen atoms in total. The SMILES string of the molecule is CC1CCCC(C(CN)N2CCSC(C)C2C)C1. The number of hydrogen-bond acceptors (Lipinski definition) is 3. The van der Waals surface area contributed by atoms with E-state index in [0.29, 0.717) is 12.1 Å². The lowest BCUT2D eigenvalue weighted by Crippen LogP contribution is -2.55. The summed E-state index contributed by atoms with van der Waals surface area (Å²) >= 11 is 2.12. The molecule has 3 heteroatoms. The molecule has 2 N–H and O–H groups in total. The molecule has 1 aliphatic heterocycles. The van der Waals surface area contributed by atoms with E-state index in [-0.39, 0.29) is 0 Å². The molecular weight excluding hydrogens is 240 g/mol. The standard InChI is InChI=1S/C15H30N2S/c1-11-5-4-6-14(9-11)15(10-16)17-7-8-18-13(3)12(17)2/h11-15H,4-10,16H2,1-3H3. The maximum Gasteiger partial charge on any atom is 0.0250 e. The average molecular weight is 270 g/mol. The number of nitrogens with zero attached hydrogens (tertiary/aromatic N) is 1. The normalized spacial score (nSPS) is 40.7. The van der Waals surface area contributed by atoms with E-state index in [9.17, 15) is 0 Å². The van der Waals surface area contributed by atoms with Gasteiger partial charge in [0.1, 0.15) is 0 Å². The molecule has 0 bridgehead atoms. The molecule has 2 aliphatic rings. The van der Waals surface area contributed by atoms with Gasteiger partial charge in [-0.25, -0.2) is 0 Å². The fraction of sp³-hybridized carbons (Fsp3) is 1.00. The Hall–Kier alpha value is 0.270. The van der Waals surface area contributed by atoms with Crippen molar-refractivity contribution in [2.24, 2.45) is 17.6 Å². The third-order valence-corrected chi connectivity index (χ3v) is 6.46. The first kappa shape index (κ1) is 14.7. The summed E-state index contributed by atoms with van der Waals surface area (Å²) in [5.41, 5.74) is 6.14. The van der Waals surface area contributed by atoms with Crippen molar-refractivity contribution in [1.82, 2.24) is 4.90 Å². The predicted molar refractivity (Wildman–Crippen MR) is 82.1 cm³/mol. The molecule has 1 heterocycles. The van der Waals surface area contributed by atoms with Gasteiger partial charge in [-0.3, -0.25) is 4.90 Å². The molecule has 5 unspecified atom stereocenters. The first-order valence-corrected chi connectivity index (χ1v) is 8.75. The second kappa shape index (κ2) is 6.62. The van der Waals surface area contributed by atoms with Crippen LogP contribution in [0.5, 0.6) is 0 Å². The van der Waals surface area contributed by atoms with E-state index in [1.165, 1.54) is 38.0 Å². The molecule has 2 rings (SSSR count). The number of rotatable bonds is 3. The van der Waals surface area contributed by atoms with Gasteiger partial charge < -0.3 is 5.73 Å². The van der Waals surface area contributed by atoms with E-state index in [1.807, 2.05) is 0 Å². The summed E-state index contributed by atoms with van der Waals surface area (Å²) in [5, 5.41) is 0.758. The molecule has 5 atom stereocenters. The third kappa shape index (κ3) is 3.23. The van der Waals surface area contributed by atoms with Crippen LogP contribution >= 0.6 is 11.8 Å². The maximum absolute atomic E-state index is 6.14. The van der Waals surface area contributed by atoms with Crippen LogP contribution in [0.4, 0.5) is 0 Å². The fourth-order valence-corrected chi connectivity index (χ4v) is 4.98. The average Bonchev–Trinajstić information content (AvgIpc) is 2.35. The third-order valence-electron chi connectivity index (χ3n) is 5.12. The van der Waals surface area contributed by atoms with Crippen LogP contribution in [0, 0.1) is 11.8 Å². The van der Waals surface area contributed by atoms with Crippen LogP contribution in [0.2, 0.25) is 0 Å². The molecule has 0 aromatic heterocycles. The Kier molecular flexibility index (Phi) is 5.40. The quantitative estimate of drug-likeness (QED) is 0.855. The zero-order valence-electron chi connectivity index (χ0n) is 12.3. The van der Waals surface area contributed by atoms with Crippen LogP contribution in [0.3, 0.4) is 0 Å². The second-order valence-electron chi connectivity index (χ2n) is 6.39. The fourth-order valence-electron chi connectivity index (χ4n) is 3.85. The minimum absolute atomic E-state index is 0.631. The Morgan fingerprint density at radius 2 is 2.06 bits per heavy atom. The molecule has 0 radical (unpaired) electrons. The number of nitrogens with two attached hydrogens (primary N) is 1. The van der Waals surface area contributed by atoms with Gasteiger partial charge in [0, 0.05) is 36.2 Å². The van der Waals surface area contributed by atoms with Gasteiger partial charge in [0.05, 0.1) is 0 Å². The summed E-state index contributed by atoms with van der Waals surface area (Å²) in [7, 11) is 0. The lowest BCUT2D eigenvalue weighted by Gasteiger charge is -2.46. The Morgan fingerprint density at radius 3 is 2.72 bits per heavy atom. The molecule has 1 aliphatic carbocycles. The predicted octanol–water partition coefficient (Wildman–Crippen LogP) is 2.97. The highest BCUT2D eigenvalue weighted by Gasteiger charge is 2.35. The molecule has 0 spiro atoms. The molecule has 18 heavy (non-hydrogen) atoms. The summed E-state index contributed by atoms with van der Waals surface area (Å²) in [4.78, 5) is 2.73. The smallest absolute Gasteiger partial charge is 0.0250 e. The minimum atomic E-state index is 0.631. The van der Waals surface area contributed by atoms with E-state index in [1.54, 1.807) is 0 Å². The van der Waals surface area contributed by atoms with Gasteiger partial charge in [-0.1, -0.05) is 26.7 Å². The van der Waals surface area contributed by atoms with Gasteiger partial charge in [-0.05, 0) is 31.6 Å². The Balaban J connectivity index is 2.02. The van der Waals surface area contributed by atoms with Crippen molar-refractivity contribution >= 4 is 11.8 Å². The number of thioether (sulfide) groups is 1. The van der Waals surface area contributed by atoms with Gasteiger partial charge >= 0.3 is 0 Å². The molecule has 106 valence electrons. The highest BCUT2D eigenvalue weighted by Crippen LogP contribution is 2.35. The van der Waals surface area contributed by atoms with E-state index in [4.69, 9.17) is 5.73 Å². The molecular formula is C15H30N2S. The van der Waals surface area contributed by atoms with E-state index >= 15 is 0 Å². The lowest BCUT2D eigenvalue weighted by atomic mass is 9.77. The zero-order valence-corrected chi connectivity index (χ0v) is 13.1. The van der Waals surface area contributed by atoms with Gasteiger partial charge in [-0.15, -0.1) is 0 Å². The second-order valence-corrected chi connectivity index (χ2v) is 7.87. The highest BCUT2D eigenvalue weighted by molar-refractivity contribution is 8.00. The topological polar surface area (TPSA) is 29.3 Å². The van der Waals surface area contributed by atoms with Crippen molar-refractivity contribution in [2.45, 2.75) is 63.8 Å². The monoisotopic (exact) mass is 270 g/mol. The van der Waals surface area contributed by atoms with Gasteiger partial charge in [0.2, 0.25) is 0 Å². The molecule has 1 saturated heterocycles. The molecule has 2 fully saturated rings. The minimum Gasteiger partial charge on any atom is -0.329 e. The largest absolute Gasteiger partial charge is 0.329 e. The molecule has 1 saturated carbocycles. The van der Waals surface area contributed by atoms with Gasteiger partial charge in [0.25, 0.3) is 0 Å². The van der Waals surface area contributed by atoms with Crippen LogP contribution < -0.4 is 5.73 Å².